The first-order valence-electron chi connectivity index (χ1n) is 13.1. The minimum absolute atomic E-state index is 0.354. The highest BCUT2D eigenvalue weighted by Gasteiger charge is 2.07. The molecule has 3 rings (SSSR count). The maximum Gasteiger partial charge on any atom is 0.121 e. The van der Waals surface area contributed by atoms with E-state index >= 15 is 0 Å². The van der Waals surface area contributed by atoms with E-state index in [1.807, 2.05) is 79.7 Å². The number of phenols is 3. The van der Waals surface area contributed by atoms with Crippen LogP contribution in [0.15, 0.2) is 36.4 Å². The van der Waals surface area contributed by atoms with Crippen LogP contribution in [-0.2, 0) is 6.42 Å². The van der Waals surface area contributed by atoms with E-state index in [0.29, 0.717) is 17.2 Å². The lowest BCUT2D eigenvalue weighted by atomic mass is 9.97. The van der Waals surface area contributed by atoms with E-state index in [-0.39, 0.29) is 0 Å². The van der Waals surface area contributed by atoms with Gasteiger partial charge < -0.3 is 15.3 Å². The fourth-order valence-electron chi connectivity index (χ4n) is 3.71. The summed E-state index contributed by atoms with van der Waals surface area (Å²) >= 11 is 0. The molecule has 3 N–H and O–H groups in total. The van der Waals surface area contributed by atoms with Crippen molar-refractivity contribution in [2.45, 2.75) is 103 Å². The Morgan fingerprint density at radius 2 is 0.861 bits per heavy atom. The van der Waals surface area contributed by atoms with Gasteiger partial charge >= 0.3 is 0 Å². The molecule has 3 aromatic rings. The average molecular weight is 497 g/mol. The zero-order valence-corrected chi connectivity index (χ0v) is 25.2. The molecule has 0 aliphatic rings. The Hall–Kier alpha value is -2.94. The first-order chi connectivity index (χ1) is 16.8. The summed E-state index contributed by atoms with van der Waals surface area (Å²) in [6.45, 7) is 26.2. The molecule has 0 aliphatic heterocycles. The molecule has 0 saturated heterocycles. The van der Waals surface area contributed by atoms with E-state index in [1.165, 1.54) is 23.1 Å². The Labute approximate surface area is 221 Å². The summed E-state index contributed by atoms with van der Waals surface area (Å²) in [4.78, 5) is 0. The van der Waals surface area contributed by atoms with Crippen molar-refractivity contribution in [3.05, 3.63) is 86.5 Å². The molecule has 36 heavy (non-hydrogen) atoms. The Kier molecular flexibility index (Phi) is 17.9. The van der Waals surface area contributed by atoms with Gasteiger partial charge in [-0.05, 0) is 118 Å². The van der Waals surface area contributed by atoms with Crippen LogP contribution in [-0.4, -0.2) is 15.3 Å². The predicted molar refractivity (Wildman–Crippen MR) is 159 cm³/mol. The number of aromatic hydroxyl groups is 3. The normalized spacial score (nSPS) is 9.25. The Bertz CT molecular complexity index is 950. The van der Waals surface area contributed by atoms with Crippen LogP contribution in [0.4, 0.5) is 0 Å². The first-order valence-corrected chi connectivity index (χ1v) is 13.1. The SMILES string of the molecule is CC.CCC.CCc1c(C)c(C)cc(C)c1O.Cc1cc(C)c(O)c(C)c1.Cc1cc(C)cc(O)c1. The van der Waals surface area contributed by atoms with Crippen molar-refractivity contribution in [1.29, 1.82) is 0 Å². The molecule has 0 aromatic heterocycles. The lowest BCUT2D eigenvalue weighted by Crippen LogP contribution is -1.93. The minimum Gasteiger partial charge on any atom is -0.508 e. The molecule has 3 heteroatoms. The number of benzene rings is 3. The summed E-state index contributed by atoms with van der Waals surface area (Å²) in [6.07, 6.45) is 2.15. The van der Waals surface area contributed by atoms with E-state index in [1.54, 1.807) is 12.1 Å². The second-order valence-electron chi connectivity index (χ2n) is 9.12. The molecular formula is C33H52O3. The summed E-state index contributed by atoms with van der Waals surface area (Å²) in [5.41, 5.74) is 9.88. The lowest BCUT2D eigenvalue weighted by molar-refractivity contribution is 0.463. The lowest BCUT2D eigenvalue weighted by Gasteiger charge is -2.11. The van der Waals surface area contributed by atoms with Crippen molar-refractivity contribution in [2.24, 2.45) is 0 Å². The van der Waals surface area contributed by atoms with Crippen molar-refractivity contribution in [3.8, 4) is 17.2 Å². The van der Waals surface area contributed by atoms with E-state index in [0.717, 1.165) is 39.8 Å². The molecule has 0 radical (unpaired) electrons. The second-order valence-corrected chi connectivity index (χ2v) is 9.12. The highest BCUT2D eigenvalue weighted by atomic mass is 16.3. The standard InChI is InChI=1S/C11H16O.C9H12O.C8H10O.C3H8.C2H6/c1-5-10-9(4)7(2)6-8(3)11(10)12;1-6-4-7(2)9(10)8(3)5-6;1-6-3-7(2)5-8(9)4-6;1-3-2;1-2/h6,12H,5H2,1-4H3;4-5,10H,1-3H3;3-5,9H,1-2H3;3H2,1-2H3;1-2H3. The monoisotopic (exact) mass is 496 g/mol. The molecule has 0 amide bonds. The Morgan fingerprint density at radius 1 is 0.500 bits per heavy atom. The van der Waals surface area contributed by atoms with Gasteiger partial charge in [-0.3, -0.25) is 0 Å². The average Bonchev–Trinajstić information content (AvgIpc) is 2.78. The third-order valence-electron chi connectivity index (χ3n) is 5.33. The summed E-state index contributed by atoms with van der Waals surface area (Å²) in [5, 5.41) is 28.0. The quantitative estimate of drug-likeness (QED) is 0.314. The molecule has 0 fully saturated rings. The Balaban J connectivity index is 0. The van der Waals surface area contributed by atoms with E-state index in [2.05, 4.69) is 34.6 Å². The molecule has 202 valence electrons. The molecule has 0 saturated carbocycles. The zero-order chi connectivity index (χ0) is 28.6. The van der Waals surface area contributed by atoms with Gasteiger partial charge in [-0.15, -0.1) is 0 Å². The summed E-state index contributed by atoms with van der Waals surface area (Å²) in [6, 6.07) is 11.5. The van der Waals surface area contributed by atoms with Gasteiger partial charge in [0.2, 0.25) is 0 Å². The van der Waals surface area contributed by atoms with Crippen LogP contribution in [0.2, 0.25) is 0 Å². The van der Waals surface area contributed by atoms with Crippen LogP contribution in [0.3, 0.4) is 0 Å². The third kappa shape index (κ3) is 12.7. The van der Waals surface area contributed by atoms with Gasteiger partial charge in [0.1, 0.15) is 17.2 Å². The third-order valence-corrected chi connectivity index (χ3v) is 5.33. The maximum atomic E-state index is 9.70. The first kappa shape index (κ1) is 35.2. The molecule has 0 heterocycles. The molecule has 0 bridgehead atoms. The summed E-state index contributed by atoms with van der Waals surface area (Å²) in [5.74, 6) is 1.25. The van der Waals surface area contributed by atoms with Gasteiger partial charge in [-0.25, -0.2) is 0 Å². The molecular weight excluding hydrogens is 444 g/mol. The smallest absolute Gasteiger partial charge is 0.121 e. The number of hydrogen-bond acceptors (Lipinski definition) is 3. The maximum absolute atomic E-state index is 9.70. The van der Waals surface area contributed by atoms with Crippen molar-refractivity contribution in [3.63, 3.8) is 0 Å². The van der Waals surface area contributed by atoms with Crippen LogP contribution in [0.1, 0.15) is 91.1 Å². The fourth-order valence-corrected chi connectivity index (χ4v) is 3.71. The fraction of sp³-hybridized carbons (Fsp3) is 0.455. The highest BCUT2D eigenvalue weighted by molar-refractivity contribution is 5.48. The van der Waals surface area contributed by atoms with Crippen LogP contribution < -0.4 is 0 Å². The van der Waals surface area contributed by atoms with Crippen molar-refractivity contribution < 1.29 is 15.3 Å². The van der Waals surface area contributed by atoms with Gasteiger partial charge in [0.25, 0.3) is 0 Å². The molecule has 0 aliphatic carbocycles. The zero-order valence-electron chi connectivity index (χ0n) is 25.2. The Morgan fingerprint density at radius 3 is 1.22 bits per heavy atom. The van der Waals surface area contributed by atoms with Gasteiger partial charge in [0.15, 0.2) is 0 Å². The molecule has 0 spiro atoms. The van der Waals surface area contributed by atoms with E-state index < -0.39 is 0 Å². The molecule has 0 unspecified atom stereocenters. The van der Waals surface area contributed by atoms with Crippen LogP contribution in [0.25, 0.3) is 0 Å². The summed E-state index contributed by atoms with van der Waals surface area (Å²) in [7, 11) is 0. The topological polar surface area (TPSA) is 60.7 Å². The van der Waals surface area contributed by atoms with E-state index in [9.17, 15) is 10.2 Å². The van der Waals surface area contributed by atoms with Crippen molar-refractivity contribution in [2.75, 3.05) is 0 Å². The summed E-state index contributed by atoms with van der Waals surface area (Å²) < 4.78 is 0. The van der Waals surface area contributed by atoms with Crippen molar-refractivity contribution in [1.82, 2.24) is 0 Å². The van der Waals surface area contributed by atoms with Crippen LogP contribution >= 0.6 is 0 Å². The van der Waals surface area contributed by atoms with Gasteiger partial charge in [0.05, 0.1) is 0 Å². The number of hydrogen-bond donors (Lipinski definition) is 3. The van der Waals surface area contributed by atoms with Crippen LogP contribution in [0.5, 0.6) is 17.2 Å². The molecule has 3 aromatic carbocycles. The second kappa shape index (κ2) is 18.3. The van der Waals surface area contributed by atoms with Crippen LogP contribution in [0, 0.1) is 55.4 Å². The predicted octanol–water partition coefficient (Wildman–Crippen LogP) is 9.65. The van der Waals surface area contributed by atoms with Gasteiger partial charge in [0, 0.05) is 0 Å². The number of rotatable bonds is 1. The molecule has 0 atom stereocenters. The molecule has 3 nitrogen and oxygen atoms in total. The largest absolute Gasteiger partial charge is 0.508 e. The highest BCUT2D eigenvalue weighted by Crippen LogP contribution is 2.28. The van der Waals surface area contributed by atoms with Crippen molar-refractivity contribution >= 4 is 0 Å². The van der Waals surface area contributed by atoms with Gasteiger partial charge in [-0.2, -0.15) is 0 Å². The van der Waals surface area contributed by atoms with Gasteiger partial charge in [-0.1, -0.05) is 70.9 Å². The number of phenolic OH excluding ortho intramolecular Hbond substituents is 3. The minimum atomic E-state index is 0.354. The van der Waals surface area contributed by atoms with E-state index in [4.69, 9.17) is 5.11 Å². The number of aryl methyl sites for hydroxylation is 7.